The monoisotopic (exact) mass is 366 g/mol. The predicted molar refractivity (Wildman–Crippen MR) is 91.9 cm³/mol. The Hall–Kier alpha value is -2.94. The van der Waals surface area contributed by atoms with Gasteiger partial charge in [-0.1, -0.05) is 0 Å². The van der Waals surface area contributed by atoms with Gasteiger partial charge in [0, 0.05) is 11.6 Å². The highest BCUT2D eigenvalue weighted by Crippen LogP contribution is 2.29. The molecule has 0 radical (unpaired) electrons. The minimum absolute atomic E-state index is 0.0677. The largest absolute Gasteiger partial charge is 0.508 e. The smallest absolute Gasteiger partial charge is 0.276 e. The zero-order chi connectivity index (χ0) is 18.6. The van der Waals surface area contributed by atoms with Crippen LogP contribution in [0.4, 0.5) is 0 Å². The molecule has 0 unspecified atom stereocenters. The number of sulfonamides is 1. The van der Waals surface area contributed by atoms with Crippen molar-refractivity contribution in [2.24, 2.45) is 5.10 Å². The van der Waals surface area contributed by atoms with Crippen LogP contribution in [0.25, 0.3) is 0 Å². The van der Waals surface area contributed by atoms with Gasteiger partial charge in [0.15, 0.2) is 11.5 Å². The maximum atomic E-state index is 12.4. The summed E-state index contributed by atoms with van der Waals surface area (Å²) in [6.45, 7) is 1.49. The Morgan fingerprint density at radius 1 is 1.04 bits per heavy atom. The first-order valence-electron chi connectivity index (χ1n) is 7.09. The molecule has 25 heavy (non-hydrogen) atoms. The zero-order valence-electron chi connectivity index (χ0n) is 13.8. The highest BCUT2D eigenvalue weighted by molar-refractivity contribution is 7.89. The first-order valence-corrected chi connectivity index (χ1v) is 8.57. The van der Waals surface area contributed by atoms with Crippen LogP contribution in [0.15, 0.2) is 46.4 Å². The third kappa shape index (κ3) is 4.13. The molecule has 9 heteroatoms. The summed E-state index contributed by atoms with van der Waals surface area (Å²) in [4.78, 5) is 2.01. The van der Waals surface area contributed by atoms with E-state index in [1.807, 2.05) is 0 Å². The van der Waals surface area contributed by atoms with E-state index >= 15 is 0 Å². The van der Waals surface area contributed by atoms with E-state index in [0.717, 1.165) is 0 Å². The minimum Gasteiger partial charge on any atom is -0.508 e. The second-order valence-electron chi connectivity index (χ2n) is 5.01. The summed E-state index contributed by atoms with van der Waals surface area (Å²) in [6.07, 6.45) is 0. The second kappa shape index (κ2) is 7.31. The number of phenolic OH excluding ortho intramolecular Hbond substituents is 2. The summed E-state index contributed by atoms with van der Waals surface area (Å²) in [5.41, 5.74) is 0.382. The molecule has 0 aliphatic carbocycles. The SMILES string of the molecule is COc1ccc(S(=O)(=O)N/N=C(/C)c2cc(O)ccc2O)cc1OC. The van der Waals surface area contributed by atoms with E-state index in [0.29, 0.717) is 5.75 Å². The number of benzene rings is 2. The van der Waals surface area contributed by atoms with E-state index in [2.05, 4.69) is 9.93 Å². The quantitative estimate of drug-likeness (QED) is 0.408. The molecule has 0 aliphatic heterocycles. The average Bonchev–Trinajstić information content (AvgIpc) is 2.61. The highest BCUT2D eigenvalue weighted by atomic mass is 32.2. The lowest BCUT2D eigenvalue weighted by molar-refractivity contribution is 0.354. The number of nitrogens with zero attached hydrogens (tertiary/aromatic N) is 1. The summed E-state index contributed by atoms with van der Waals surface area (Å²) in [6, 6.07) is 7.98. The van der Waals surface area contributed by atoms with Gasteiger partial charge in [0.1, 0.15) is 11.5 Å². The van der Waals surface area contributed by atoms with Gasteiger partial charge in [-0.15, -0.1) is 0 Å². The van der Waals surface area contributed by atoms with Crippen LogP contribution in [0.3, 0.4) is 0 Å². The van der Waals surface area contributed by atoms with Crippen molar-refractivity contribution in [3.05, 3.63) is 42.0 Å². The molecule has 0 spiro atoms. The lowest BCUT2D eigenvalue weighted by Crippen LogP contribution is -2.20. The Morgan fingerprint density at radius 3 is 2.36 bits per heavy atom. The minimum atomic E-state index is -3.96. The fourth-order valence-electron chi connectivity index (χ4n) is 2.04. The van der Waals surface area contributed by atoms with Gasteiger partial charge in [-0.2, -0.15) is 18.4 Å². The first kappa shape index (κ1) is 18.4. The predicted octanol–water partition coefficient (Wildman–Crippen LogP) is 1.82. The Morgan fingerprint density at radius 2 is 1.72 bits per heavy atom. The molecule has 0 atom stereocenters. The molecular formula is C16H18N2O6S. The van der Waals surface area contributed by atoms with Crippen LogP contribution in [-0.4, -0.2) is 38.6 Å². The van der Waals surface area contributed by atoms with Crippen molar-refractivity contribution in [3.8, 4) is 23.0 Å². The third-order valence-corrected chi connectivity index (χ3v) is 4.57. The summed E-state index contributed by atoms with van der Waals surface area (Å²) in [7, 11) is -1.12. The number of phenols is 2. The van der Waals surface area contributed by atoms with Crippen molar-refractivity contribution in [3.63, 3.8) is 0 Å². The normalized spacial score (nSPS) is 11.9. The average molecular weight is 366 g/mol. The van der Waals surface area contributed by atoms with Gasteiger partial charge in [0.25, 0.3) is 10.0 Å². The van der Waals surface area contributed by atoms with E-state index in [1.165, 1.54) is 57.5 Å². The number of aromatic hydroxyl groups is 2. The van der Waals surface area contributed by atoms with E-state index in [-0.39, 0.29) is 33.4 Å². The van der Waals surface area contributed by atoms with E-state index in [4.69, 9.17) is 9.47 Å². The van der Waals surface area contributed by atoms with Crippen LogP contribution in [0, 0.1) is 0 Å². The van der Waals surface area contributed by atoms with E-state index in [9.17, 15) is 18.6 Å². The molecule has 0 aromatic heterocycles. The molecule has 0 saturated carbocycles. The molecule has 8 nitrogen and oxygen atoms in total. The van der Waals surface area contributed by atoms with Crippen LogP contribution in [0.5, 0.6) is 23.0 Å². The van der Waals surface area contributed by atoms with Crippen LogP contribution in [0.1, 0.15) is 12.5 Å². The number of hydrazone groups is 1. The standard InChI is InChI=1S/C16H18N2O6S/c1-10(13-8-11(19)4-6-14(13)20)17-18-25(21,22)12-5-7-15(23-2)16(9-12)24-3/h4-9,18-20H,1-3H3/b17-10-. The molecule has 2 aromatic carbocycles. The maximum Gasteiger partial charge on any atom is 0.276 e. The Balaban J connectivity index is 2.31. The van der Waals surface area contributed by atoms with Gasteiger partial charge in [-0.3, -0.25) is 0 Å². The van der Waals surface area contributed by atoms with Crippen LogP contribution in [0.2, 0.25) is 0 Å². The highest BCUT2D eigenvalue weighted by Gasteiger charge is 2.17. The number of nitrogens with one attached hydrogen (secondary N) is 1. The fourth-order valence-corrected chi connectivity index (χ4v) is 2.91. The van der Waals surface area contributed by atoms with Gasteiger partial charge in [-0.25, -0.2) is 0 Å². The molecule has 2 rings (SSSR count). The molecule has 0 saturated heterocycles. The summed E-state index contributed by atoms with van der Waals surface area (Å²) >= 11 is 0. The van der Waals surface area contributed by atoms with Crippen molar-refractivity contribution in [1.29, 1.82) is 0 Å². The van der Waals surface area contributed by atoms with Crippen molar-refractivity contribution >= 4 is 15.7 Å². The van der Waals surface area contributed by atoms with Crippen molar-refractivity contribution in [1.82, 2.24) is 4.83 Å². The van der Waals surface area contributed by atoms with E-state index < -0.39 is 10.0 Å². The van der Waals surface area contributed by atoms with Crippen molar-refractivity contribution in [2.45, 2.75) is 11.8 Å². The van der Waals surface area contributed by atoms with Gasteiger partial charge < -0.3 is 19.7 Å². The summed E-state index contributed by atoms with van der Waals surface area (Å²) in [5, 5.41) is 23.0. The Kier molecular flexibility index (Phi) is 5.38. The Labute approximate surface area is 145 Å². The lowest BCUT2D eigenvalue weighted by atomic mass is 10.1. The van der Waals surface area contributed by atoms with E-state index in [1.54, 1.807) is 0 Å². The van der Waals surface area contributed by atoms with Crippen LogP contribution in [-0.2, 0) is 10.0 Å². The number of ether oxygens (including phenoxy) is 2. The third-order valence-electron chi connectivity index (χ3n) is 3.37. The lowest BCUT2D eigenvalue weighted by Gasteiger charge is -2.10. The van der Waals surface area contributed by atoms with Gasteiger partial charge in [0.2, 0.25) is 0 Å². The van der Waals surface area contributed by atoms with Crippen molar-refractivity contribution < 1.29 is 28.1 Å². The van der Waals surface area contributed by atoms with Gasteiger partial charge >= 0.3 is 0 Å². The van der Waals surface area contributed by atoms with Gasteiger partial charge in [0.05, 0.1) is 24.8 Å². The van der Waals surface area contributed by atoms with Crippen LogP contribution >= 0.6 is 0 Å². The van der Waals surface area contributed by atoms with Crippen molar-refractivity contribution in [2.75, 3.05) is 14.2 Å². The first-order chi connectivity index (χ1) is 11.8. The Bertz CT molecular complexity index is 909. The molecular weight excluding hydrogens is 348 g/mol. The number of hydrogen-bond donors (Lipinski definition) is 3. The molecule has 2 aromatic rings. The second-order valence-corrected chi connectivity index (χ2v) is 6.67. The fraction of sp³-hybridized carbons (Fsp3) is 0.188. The summed E-state index contributed by atoms with van der Waals surface area (Å²) in [5.74, 6) is 0.442. The topological polar surface area (TPSA) is 117 Å². The molecule has 0 bridgehead atoms. The van der Waals surface area contributed by atoms with Crippen LogP contribution < -0.4 is 14.3 Å². The zero-order valence-corrected chi connectivity index (χ0v) is 14.7. The molecule has 0 amide bonds. The number of hydrogen-bond acceptors (Lipinski definition) is 7. The number of rotatable bonds is 6. The number of methoxy groups -OCH3 is 2. The summed E-state index contributed by atoms with van der Waals surface area (Å²) < 4.78 is 34.9. The van der Waals surface area contributed by atoms with Gasteiger partial charge in [-0.05, 0) is 37.3 Å². The maximum absolute atomic E-state index is 12.4. The molecule has 0 fully saturated rings. The molecule has 3 N–H and O–H groups in total. The molecule has 0 heterocycles. The molecule has 0 aliphatic rings. The molecule has 134 valence electrons.